The summed E-state index contributed by atoms with van der Waals surface area (Å²) in [6.45, 7) is 5.11. The van der Waals surface area contributed by atoms with Crippen LogP contribution in [0.25, 0.3) is 32.5 Å². The third-order valence-electron chi connectivity index (χ3n) is 6.53. The molecule has 1 N–H and O–H groups in total. The molecule has 5 rings (SSSR count). The molecular formula is C28H29N3O3S2. The van der Waals surface area contributed by atoms with Gasteiger partial charge >= 0.3 is 0 Å². The monoisotopic (exact) mass is 519 g/mol. The second-order valence-electron chi connectivity index (χ2n) is 9.00. The Balaban J connectivity index is 1.33. The number of sulfonamides is 1. The molecule has 1 heterocycles. The maximum Gasteiger partial charge on any atom is 0.257 e. The summed E-state index contributed by atoms with van der Waals surface area (Å²) in [5.74, 6) is -0.313. The molecule has 0 fully saturated rings. The van der Waals surface area contributed by atoms with Crippen LogP contribution in [0.3, 0.4) is 0 Å². The molecule has 0 saturated heterocycles. The first-order valence-corrected chi connectivity index (χ1v) is 14.6. The zero-order chi connectivity index (χ0) is 25.3. The maximum atomic E-state index is 13.2. The van der Waals surface area contributed by atoms with Gasteiger partial charge in [-0.2, -0.15) is 4.31 Å². The summed E-state index contributed by atoms with van der Waals surface area (Å²) in [5, 5.41) is 5.81. The Morgan fingerprint density at radius 3 is 2.19 bits per heavy atom. The summed E-state index contributed by atoms with van der Waals surface area (Å²) in [7, 11) is -3.60. The topological polar surface area (TPSA) is 79.4 Å². The highest BCUT2D eigenvalue weighted by Gasteiger charge is 2.27. The number of anilines is 1. The lowest BCUT2D eigenvalue weighted by Crippen LogP contribution is -2.33. The van der Waals surface area contributed by atoms with Gasteiger partial charge in [0, 0.05) is 29.8 Å². The van der Waals surface area contributed by atoms with E-state index >= 15 is 0 Å². The SMILES string of the molecule is CCCCN(CCCC)S(=O)(=O)c1ccc(C(=O)Nc2nc3c(s2)-c2cccc4cccc-3c24)cc1. The molecule has 8 heteroatoms. The number of hydrogen-bond donors (Lipinski definition) is 1. The van der Waals surface area contributed by atoms with Gasteiger partial charge in [0.05, 0.1) is 15.5 Å². The molecule has 0 unspecified atom stereocenters. The van der Waals surface area contributed by atoms with Gasteiger partial charge in [0.1, 0.15) is 0 Å². The van der Waals surface area contributed by atoms with Crippen LogP contribution < -0.4 is 5.32 Å². The Kier molecular flexibility index (Phi) is 6.92. The van der Waals surface area contributed by atoms with Crippen molar-refractivity contribution < 1.29 is 13.2 Å². The lowest BCUT2D eigenvalue weighted by molar-refractivity contribution is 0.102. The van der Waals surface area contributed by atoms with Gasteiger partial charge in [-0.3, -0.25) is 10.1 Å². The van der Waals surface area contributed by atoms with E-state index in [0.29, 0.717) is 23.8 Å². The number of carbonyl (C=O) groups excluding carboxylic acids is 1. The zero-order valence-corrected chi connectivity index (χ0v) is 22.1. The minimum absolute atomic E-state index is 0.212. The number of nitrogens with one attached hydrogen (secondary N) is 1. The molecule has 0 aliphatic heterocycles. The maximum absolute atomic E-state index is 13.2. The van der Waals surface area contributed by atoms with Crippen molar-refractivity contribution in [2.24, 2.45) is 0 Å². The second kappa shape index (κ2) is 10.1. The van der Waals surface area contributed by atoms with Crippen LogP contribution in [-0.2, 0) is 10.0 Å². The molecule has 3 aromatic carbocycles. The van der Waals surface area contributed by atoms with E-state index in [2.05, 4.69) is 29.6 Å². The predicted octanol–water partition coefficient (Wildman–Crippen LogP) is 6.79. The molecule has 36 heavy (non-hydrogen) atoms. The standard InChI is InChI=1S/C28H29N3O3S2/c1-3-5-17-31(18-6-4-2)36(33,34)21-15-13-20(14-16-21)27(32)30-28-29-25-22-11-7-9-19-10-8-12-23(24(19)22)26(25)35-28/h7-16H,3-6,17-18H2,1-2H3,(H,29,30,32). The van der Waals surface area contributed by atoms with Gasteiger partial charge in [0.15, 0.2) is 5.13 Å². The van der Waals surface area contributed by atoms with E-state index in [1.54, 1.807) is 16.4 Å². The molecule has 1 amide bonds. The zero-order valence-electron chi connectivity index (χ0n) is 20.5. The number of unbranched alkanes of at least 4 members (excludes halogenated alkanes) is 2. The third kappa shape index (κ3) is 4.45. The van der Waals surface area contributed by atoms with Gasteiger partial charge < -0.3 is 0 Å². The number of rotatable bonds is 10. The Labute approximate surface area is 216 Å². The van der Waals surface area contributed by atoms with Crippen molar-refractivity contribution in [1.29, 1.82) is 0 Å². The van der Waals surface area contributed by atoms with Gasteiger partial charge in [0.2, 0.25) is 10.0 Å². The van der Waals surface area contributed by atoms with Crippen molar-refractivity contribution in [2.75, 3.05) is 18.4 Å². The molecule has 1 aliphatic carbocycles. The first kappa shape index (κ1) is 24.6. The van der Waals surface area contributed by atoms with Crippen LogP contribution in [0.1, 0.15) is 49.9 Å². The smallest absolute Gasteiger partial charge is 0.257 e. The van der Waals surface area contributed by atoms with E-state index in [0.717, 1.165) is 47.4 Å². The summed E-state index contributed by atoms with van der Waals surface area (Å²) in [5.41, 5.74) is 3.50. The van der Waals surface area contributed by atoms with E-state index < -0.39 is 10.0 Å². The van der Waals surface area contributed by atoms with Crippen molar-refractivity contribution in [3.05, 3.63) is 66.2 Å². The number of amides is 1. The van der Waals surface area contributed by atoms with Crippen molar-refractivity contribution in [2.45, 2.75) is 44.4 Å². The lowest BCUT2D eigenvalue weighted by Gasteiger charge is -2.22. The Morgan fingerprint density at radius 2 is 1.56 bits per heavy atom. The fourth-order valence-electron chi connectivity index (χ4n) is 4.58. The highest BCUT2D eigenvalue weighted by molar-refractivity contribution is 7.89. The number of nitrogens with zero attached hydrogens (tertiary/aromatic N) is 2. The fourth-order valence-corrected chi connectivity index (χ4v) is 7.11. The van der Waals surface area contributed by atoms with Gasteiger partial charge in [-0.05, 0) is 47.9 Å². The van der Waals surface area contributed by atoms with E-state index in [4.69, 9.17) is 4.98 Å². The van der Waals surface area contributed by atoms with Crippen molar-refractivity contribution in [1.82, 2.24) is 9.29 Å². The van der Waals surface area contributed by atoms with E-state index in [-0.39, 0.29) is 10.8 Å². The van der Waals surface area contributed by atoms with Gasteiger partial charge in [-0.15, -0.1) is 0 Å². The van der Waals surface area contributed by atoms with Crippen LogP contribution in [0.4, 0.5) is 5.13 Å². The summed E-state index contributed by atoms with van der Waals surface area (Å²) < 4.78 is 27.9. The first-order chi connectivity index (χ1) is 17.4. The third-order valence-corrected chi connectivity index (χ3v) is 9.45. The molecule has 6 nitrogen and oxygen atoms in total. The van der Waals surface area contributed by atoms with Crippen molar-refractivity contribution in [3.63, 3.8) is 0 Å². The molecule has 4 aromatic rings. The van der Waals surface area contributed by atoms with E-state index in [1.165, 1.54) is 34.2 Å². The highest BCUT2D eigenvalue weighted by Crippen LogP contribution is 2.50. The summed E-state index contributed by atoms with van der Waals surface area (Å²) in [6, 6.07) is 18.6. The minimum atomic E-state index is -3.60. The number of benzene rings is 3. The average Bonchev–Trinajstić information content (AvgIpc) is 3.43. The largest absolute Gasteiger partial charge is 0.298 e. The van der Waals surface area contributed by atoms with E-state index in [9.17, 15) is 13.2 Å². The van der Waals surface area contributed by atoms with Gasteiger partial charge in [-0.1, -0.05) is 74.4 Å². The summed E-state index contributed by atoms with van der Waals surface area (Å²) >= 11 is 1.46. The molecular weight excluding hydrogens is 490 g/mol. The van der Waals surface area contributed by atoms with Crippen LogP contribution in [0, 0.1) is 0 Å². The number of thiazole rings is 1. The van der Waals surface area contributed by atoms with Gasteiger partial charge in [-0.25, -0.2) is 13.4 Å². The lowest BCUT2D eigenvalue weighted by atomic mass is 10.0. The number of carbonyl (C=O) groups is 1. The molecule has 1 aromatic heterocycles. The fraction of sp³-hybridized carbons (Fsp3) is 0.286. The van der Waals surface area contributed by atoms with Crippen LogP contribution in [0.2, 0.25) is 0 Å². The second-order valence-corrected chi connectivity index (χ2v) is 11.9. The molecule has 186 valence electrons. The highest BCUT2D eigenvalue weighted by atomic mass is 32.2. The molecule has 0 radical (unpaired) electrons. The Hall–Kier alpha value is -3.07. The Morgan fingerprint density at radius 1 is 0.917 bits per heavy atom. The number of aromatic nitrogens is 1. The molecule has 0 spiro atoms. The van der Waals surface area contributed by atoms with Crippen LogP contribution in [0.5, 0.6) is 0 Å². The van der Waals surface area contributed by atoms with E-state index in [1.807, 2.05) is 26.0 Å². The summed E-state index contributed by atoms with van der Waals surface area (Å²) in [6.07, 6.45) is 3.50. The van der Waals surface area contributed by atoms with Crippen molar-refractivity contribution >= 4 is 43.2 Å². The Bertz CT molecular complexity index is 1460. The quantitative estimate of drug-likeness (QED) is 0.220. The average molecular weight is 520 g/mol. The minimum Gasteiger partial charge on any atom is -0.298 e. The van der Waals surface area contributed by atoms with Crippen molar-refractivity contribution in [3.8, 4) is 21.7 Å². The van der Waals surface area contributed by atoms with Crippen LogP contribution in [0.15, 0.2) is 65.6 Å². The normalized spacial score (nSPS) is 12.3. The first-order valence-electron chi connectivity index (χ1n) is 12.4. The van der Waals surface area contributed by atoms with Crippen LogP contribution in [-0.4, -0.2) is 36.7 Å². The molecule has 0 atom stereocenters. The molecule has 0 saturated carbocycles. The summed E-state index contributed by atoms with van der Waals surface area (Å²) in [4.78, 5) is 18.9. The van der Waals surface area contributed by atoms with Gasteiger partial charge in [0.25, 0.3) is 5.91 Å². The molecule has 0 bridgehead atoms. The number of hydrogen-bond acceptors (Lipinski definition) is 5. The predicted molar refractivity (Wildman–Crippen MR) is 147 cm³/mol. The molecule has 1 aliphatic rings. The van der Waals surface area contributed by atoms with Crippen LogP contribution >= 0.6 is 11.3 Å². The number of fused-ring (bicyclic) bond motifs is 3.